The molecule has 0 bridgehead atoms. The Morgan fingerprint density at radius 3 is 1.75 bits per heavy atom. The summed E-state index contributed by atoms with van der Waals surface area (Å²) in [5, 5.41) is 3.11. The van der Waals surface area contributed by atoms with Crippen LogP contribution in [0.1, 0.15) is 61.0 Å². The van der Waals surface area contributed by atoms with Gasteiger partial charge in [0.15, 0.2) is 0 Å². The summed E-state index contributed by atoms with van der Waals surface area (Å²) in [7, 11) is 1.91. The molecular formula is C22H39NO. The van der Waals surface area contributed by atoms with Gasteiger partial charge in [-0.1, -0.05) is 85.7 Å². The predicted molar refractivity (Wildman–Crippen MR) is 112 cm³/mol. The SMILES string of the molecule is CC.CC.CC.CC.CNc1cccc(COc2ccccc2)c1. The molecule has 0 aliphatic rings. The van der Waals surface area contributed by atoms with Crippen LogP contribution in [-0.2, 0) is 6.61 Å². The van der Waals surface area contributed by atoms with Crippen LogP contribution in [0.5, 0.6) is 5.75 Å². The van der Waals surface area contributed by atoms with E-state index >= 15 is 0 Å². The summed E-state index contributed by atoms with van der Waals surface area (Å²) < 4.78 is 5.66. The summed E-state index contributed by atoms with van der Waals surface area (Å²) in [6, 6.07) is 18.0. The Labute approximate surface area is 151 Å². The van der Waals surface area contributed by atoms with Crippen LogP contribution in [0.15, 0.2) is 54.6 Å². The number of ether oxygens (including phenoxy) is 1. The summed E-state index contributed by atoms with van der Waals surface area (Å²) in [4.78, 5) is 0. The first-order chi connectivity index (χ1) is 11.9. The molecule has 0 fully saturated rings. The van der Waals surface area contributed by atoms with E-state index in [9.17, 15) is 0 Å². The number of para-hydroxylation sites is 1. The predicted octanol–water partition coefficient (Wildman–Crippen LogP) is 7.41. The third kappa shape index (κ3) is 13.7. The Hall–Kier alpha value is -1.96. The smallest absolute Gasteiger partial charge is 0.119 e. The second kappa shape index (κ2) is 23.3. The fourth-order valence-corrected chi connectivity index (χ4v) is 1.50. The lowest BCUT2D eigenvalue weighted by atomic mass is 10.2. The molecule has 0 aromatic heterocycles. The number of benzene rings is 2. The second-order valence-corrected chi connectivity index (χ2v) is 3.55. The standard InChI is InChI=1S/C14H15NO.4C2H6/c1-15-13-7-5-6-12(10-13)11-16-14-8-3-2-4-9-14;4*1-2/h2-10,15H,11H2,1H3;4*1-2H3. The molecule has 0 amide bonds. The lowest BCUT2D eigenvalue weighted by Crippen LogP contribution is -1.96. The highest BCUT2D eigenvalue weighted by Crippen LogP contribution is 2.14. The largest absolute Gasteiger partial charge is 0.489 e. The maximum Gasteiger partial charge on any atom is 0.119 e. The molecule has 0 radical (unpaired) electrons. The van der Waals surface area contributed by atoms with Crippen molar-refractivity contribution in [2.45, 2.75) is 62.0 Å². The van der Waals surface area contributed by atoms with Gasteiger partial charge in [0.2, 0.25) is 0 Å². The van der Waals surface area contributed by atoms with Crippen LogP contribution in [-0.4, -0.2) is 7.05 Å². The lowest BCUT2D eigenvalue weighted by molar-refractivity contribution is 0.306. The Morgan fingerprint density at radius 2 is 1.25 bits per heavy atom. The number of hydrogen-bond donors (Lipinski definition) is 1. The van der Waals surface area contributed by atoms with Crippen LogP contribution in [0.4, 0.5) is 5.69 Å². The Bertz CT molecular complexity index is 441. The number of nitrogens with one attached hydrogen (secondary N) is 1. The van der Waals surface area contributed by atoms with Gasteiger partial charge in [0.05, 0.1) is 0 Å². The van der Waals surface area contributed by atoms with Gasteiger partial charge in [0.25, 0.3) is 0 Å². The minimum absolute atomic E-state index is 0.597. The molecule has 0 atom stereocenters. The normalized spacial score (nSPS) is 7.54. The third-order valence-electron chi connectivity index (χ3n) is 2.36. The lowest BCUT2D eigenvalue weighted by Gasteiger charge is -2.07. The molecule has 0 saturated carbocycles. The van der Waals surface area contributed by atoms with Crippen LogP contribution >= 0.6 is 0 Å². The average Bonchev–Trinajstić information content (AvgIpc) is 2.73. The second-order valence-electron chi connectivity index (χ2n) is 3.55. The third-order valence-corrected chi connectivity index (χ3v) is 2.36. The van der Waals surface area contributed by atoms with E-state index in [1.165, 1.54) is 0 Å². The topological polar surface area (TPSA) is 21.3 Å². The van der Waals surface area contributed by atoms with Gasteiger partial charge in [-0.15, -0.1) is 0 Å². The van der Waals surface area contributed by atoms with Gasteiger partial charge in [-0.3, -0.25) is 0 Å². The first kappa shape index (κ1) is 26.9. The molecule has 1 N–H and O–H groups in total. The number of rotatable bonds is 4. The van der Waals surface area contributed by atoms with Crippen molar-refractivity contribution in [1.29, 1.82) is 0 Å². The zero-order valence-electron chi connectivity index (χ0n) is 17.3. The quantitative estimate of drug-likeness (QED) is 0.628. The highest BCUT2D eigenvalue weighted by Gasteiger charge is 1.96. The van der Waals surface area contributed by atoms with Gasteiger partial charge < -0.3 is 10.1 Å². The van der Waals surface area contributed by atoms with E-state index in [0.717, 1.165) is 17.0 Å². The van der Waals surface area contributed by atoms with Crippen molar-refractivity contribution < 1.29 is 4.74 Å². The van der Waals surface area contributed by atoms with Gasteiger partial charge >= 0.3 is 0 Å². The molecule has 2 nitrogen and oxygen atoms in total. The van der Waals surface area contributed by atoms with Gasteiger partial charge in [0.1, 0.15) is 12.4 Å². The molecule has 2 heteroatoms. The molecule has 138 valence electrons. The molecule has 2 aromatic rings. The van der Waals surface area contributed by atoms with Crippen molar-refractivity contribution in [3.8, 4) is 5.75 Å². The number of hydrogen-bond acceptors (Lipinski definition) is 2. The monoisotopic (exact) mass is 333 g/mol. The van der Waals surface area contributed by atoms with E-state index in [1.54, 1.807) is 0 Å². The van der Waals surface area contributed by atoms with Crippen LogP contribution in [0.25, 0.3) is 0 Å². The minimum atomic E-state index is 0.597. The van der Waals surface area contributed by atoms with Crippen molar-refractivity contribution in [2.24, 2.45) is 0 Å². The van der Waals surface area contributed by atoms with Gasteiger partial charge in [-0.05, 0) is 29.8 Å². The highest BCUT2D eigenvalue weighted by atomic mass is 16.5. The van der Waals surface area contributed by atoms with Crippen LogP contribution < -0.4 is 10.1 Å². The van der Waals surface area contributed by atoms with Gasteiger partial charge in [0, 0.05) is 12.7 Å². The summed E-state index contributed by atoms with van der Waals surface area (Å²) in [5.74, 6) is 0.900. The Morgan fingerprint density at radius 1 is 0.708 bits per heavy atom. The maximum absolute atomic E-state index is 5.66. The maximum atomic E-state index is 5.66. The van der Waals surface area contributed by atoms with Crippen molar-refractivity contribution in [2.75, 3.05) is 12.4 Å². The van der Waals surface area contributed by atoms with Gasteiger partial charge in [-0.2, -0.15) is 0 Å². The molecule has 0 saturated heterocycles. The summed E-state index contributed by atoms with van der Waals surface area (Å²) in [6.45, 7) is 16.6. The molecule has 2 aromatic carbocycles. The fourth-order valence-electron chi connectivity index (χ4n) is 1.50. The zero-order valence-corrected chi connectivity index (χ0v) is 17.3. The first-order valence-corrected chi connectivity index (χ1v) is 9.33. The number of anilines is 1. The van der Waals surface area contributed by atoms with Crippen LogP contribution in [0.2, 0.25) is 0 Å². The molecule has 0 heterocycles. The van der Waals surface area contributed by atoms with E-state index in [-0.39, 0.29) is 0 Å². The van der Waals surface area contributed by atoms with Crippen LogP contribution in [0.3, 0.4) is 0 Å². The van der Waals surface area contributed by atoms with Crippen molar-refractivity contribution in [1.82, 2.24) is 0 Å². The fraction of sp³-hybridized carbons (Fsp3) is 0.455. The molecule has 0 spiro atoms. The van der Waals surface area contributed by atoms with Crippen molar-refractivity contribution in [3.05, 3.63) is 60.2 Å². The molecule has 24 heavy (non-hydrogen) atoms. The van der Waals surface area contributed by atoms with E-state index in [1.807, 2.05) is 105 Å². The summed E-state index contributed by atoms with van der Waals surface area (Å²) in [6.07, 6.45) is 0. The van der Waals surface area contributed by atoms with E-state index in [2.05, 4.69) is 17.4 Å². The van der Waals surface area contributed by atoms with Crippen LogP contribution in [0, 0.1) is 0 Å². The zero-order chi connectivity index (χ0) is 19.2. The van der Waals surface area contributed by atoms with E-state index in [4.69, 9.17) is 4.74 Å². The molecule has 0 aliphatic heterocycles. The van der Waals surface area contributed by atoms with E-state index < -0.39 is 0 Å². The van der Waals surface area contributed by atoms with E-state index in [0.29, 0.717) is 6.61 Å². The summed E-state index contributed by atoms with van der Waals surface area (Å²) in [5.41, 5.74) is 2.27. The molecule has 0 unspecified atom stereocenters. The highest BCUT2D eigenvalue weighted by molar-refractivity contribution is 5.44. The minimum Gasteiger partial charge on any atom is -0.489 e. The Kier molecular flexibility index (Phi) is 26.1. The Balaban J connectivity index is -0.000000484. The molecule has 2 rings (SSSR count). The van der Waals surface area contributed by atoms with Crippen molar-refractivity contribution in [3.63, 3.8) is 0 Å². The average molecular weight is 334 g/mol. The summed E-state index contributed by atoms with van der Waals surface area (Å²) >= 11 is 0. The van der Waals surface area contributed by atoms with Gasteiger partial charge in [-0.25, -0.2) is 0 Å². The first-order valence-electron chi connectivity index (χ1n) is 9.33. The molecule has 0 aliphatic carbocycles. The van der Waals surface area contributed by atoms with Crippen molar-refractivity contribution >= 4 is 5.69 Å². The molecular weight excluding hydrogens is 294 g/mol.